The number of aryl methyl sites for hydroxylation is 1. The Kier molecular flexibility index (Phi) is 4.35. The van der Waals surface area contributed by atoms with Gasteiger partial charge in [-0.15, -0.1) is 10.2 Å². The van der Waals surface area contributed by atoms with Gasteiger partial charge in [-0.1, -0.05) is 0 Å². The maximum atomic E-state index is 4.49. The van der Waals surface area contributed by atoms with Crippen molar-refractivity contribution >= 4 is 0 Å². The second-order valence-electron chi connectivity index (χ2n) is 6.77. The first-order chi connectivity index (χ1) is 12.2. The standard InChI is InChI=1S/C17H24N8/c1-22-10-7-18-15(22)12-24-8-3-5-14(11-24)17-21-20-16(23(17)2)13-25-9-4-6-19-25/h4,6-7,9-10,14H,3,5,8,11-13H2,1-2H3/t14-/m1/s1. The van der Waals surface area contributed by atoms with E-state index in [-0.39, 0.29) is 0 Å². The number of piperidine rings is 1. The highest BCUT2D eigenvalue weighted by Gasteiger charge is 2.26. The van der Waals surface area contributed by atoms with E-state index in [1.807, 2.05) is 36.4 Å². The van der Waals surface area contributed by atoms with Crippen molar-refractivity contribution in [3.8, 4) is 0 Å². The summed E-state index contributed by atoms with van der Waals surface area (Å²) in [6.45, 7) is 3.65. The highest BCUT2D eigenvalue weighted by atomic mass is 15.3. The fourth-order valence-corrected chi connectivity index (χ4v) is 3.57. The third-order valence-electron chi connectivity index (χ3n) is 5.02. The summed E-state index contributed by atoms with van der Waals surface area (Å²) in [4.78, 5) is 6.92. The molecule has 0 radical (unpaired) electrons. The van der Waals surface area contributed by atoms with Gasteiger partial charge in [0.15, 0.2) is 5.82 Å². The number of hydrogen-bond acceptors (Lipinski definition) is 5. The molecule has 1 fully saturated rings. The second-order valence-corrected chi connectivity index (χ2v) is 6.77. The van der Waals surface area contributed by atoms with Gasteiger partial charge in [-0.3, -0.25) is 9.58 Å². The SMILES string of the molecule is Cn1ccnc1CN1CCC[C@@H](c2nnc(Cn3cccn3)n2C)C1. The van der Waals surface area contributed by atoms with Crippen LogP contribution in [0, 0.1) is 0 Å². The number of likely N-dealkylation sites (tertiary alicyclic amines) is 1. The molecule has 3 aromatic heterocycles. The van der Waals surface area contributed by atoms with Crippen molar-refractivity contribution in [2.45, 2.75) is 31.8 Å². The first-order valence-electron chi connectivity index (χ1n) is 8.75. The summed E-state index contributed by atoms with van der Waals surface area (Å²) in [5.74, 6) is 3.54. The third kappa shape index (κ3) is 3.34. The van der Waals surface area contributed by atoms with Gasteiger partial charge >= 0.3 is 0 Å². The molecular formula is C17H24N8. The number of imidazole rings is 1. The van der Waals surface area contributed by atoms with E-state index in [2.05, 4.69) is 41.4 Å². The Balaban J connectivity index is 1.46. The van der Waals surface area contributed by atoms with Crippen LogP contribution in [0.4, 0.5) is 0 Å². The maximum absolute atomic E-state index is 4.49. The molecule has 8 heteroatoms. The van der Waals surface area contributed by atoms with Crippen molar-refractivity contribution in [3.05, 3.63) is 48.3 Å². The summed E-state index contributed by atoms with van der Waals surface area (Å²) in [5.41, 5.74) is 0. The van der Waals surface area contributed by atoms with E-state index in [0.29, 0.717) is 12.5 Å². The Morgan fingerprint density at radius 3 is 2.76 bits per heavy atom. The van der Waals surface area contributed by atoms with Gasteiger partial charge in [0, 0.05) is 51.3 Å². The number of aromatic nitrogens is 7. The lowest BCUT2D eigenvalue weighted by Gasteiger charge is -2.31. The van der Waals surface area contributed by atoms with Crippen LogP contribution in [0.1, 0.15) is 36.2 Å². The first kappa shape index (κ1) is 16.0. The lowest BCUT2D eigenvalue weighted by atomic mass is 9.97. The molecule has 0 saturated carbocycles. The van der Waals surface area contributed by atoms with E-state index in [0.717, 1.165) is 43.5 Å². The quantitative estimate of drug-likeness (QED) is 0.697. The van der Waals surface area contributed by atoms with E-state index in [1.165, 1.54) is 6.42 Å². The Morgan fingerprint density at radius 2 is 2.00 bits per heavy atom. The third-order valence-corrected chi connectivity index (χ3v) is 5.02. The molecule has 1 aliphatic rings. The molecule has 1 aliphatic heterocycles. The number of rotatable bonds is 5. The van der Waals surface area contributed by atoms with Crippen molar-refractivity contribution in [2.24, 2.45) is 14.1 Å². The van der Waals surface area contributed by atoms with Crippen molar-refractivity contribution in [1.29, 1.82) is 0 Å². The number of hydrogen-bond donors (Lipinski definition) is 0. The van der Waals surface area contributed by atoms with Crippen LogP contribution >= 0.6 is 0 Å². The summed E-state index contributed by atoms with van der Waals surface area (Å²) >= 11 is 0. The van der Waals surface area contributed by atoms with E-state index in [1.54, 1.807) is 6.20 Å². The molecule has 1 atom stereocenters. The van der Waals surface area contributed by atoms with Crippen LogP contribution in [0.2, 0.25) is 0 Å². The molecule has 3 aromatic rings. The lowest BCUT2D eigenvalue weighted by molar-refractivity contribution is 0.189. The minimum Gasteiger partial charge on any atom is -0.337 e. The molecule has 0 N–H and O–H groups in total. The van der Waals surface area contributed by atoms with Gasteiger partial charge in [-0.05, 0) is 25.5 Å². The molecule has 4 heterocycles. The highest BCUT2D eigenvalue weighted by Crippen LogP contribution is 2.26. The zero-order chi connectivity index (χ0) is 17.2. The van der Waals surface area contributed by atoms with E-state index in [9.17, 15) is 0 Å². The molecule has 0 aliphatic carbocycles. The minimum absolute atomic E-state index is 0.415. The average molecular weight is 340 g/mol. The minimum atomic E-state index is 0.415. The van der Waals surface area contributed by atoms with Crippen molar-refractivity contribution < 1.29 is 0 Å². The van der Waals surface area contributed by atoms with Crippen molar-refractivity contribution in [2.75, 3.05) is 13.1 Å². The average Bonchev–Trinajstić information content (AvgIpc) is 3.33. The van der Waals surface area contributed by atoms with Crippen molar-refractivity contribution in [3.63, 3.8) is 0 Å². The van der Waals surface area contributed by atoms with Gasteiger partial charge in [-0.2, -0.15) is 5.10 Å². The van der Waals surface area contributed by atoms with Crippen LogP contribution in [-0.2, 0) is 27.2 Å². The molecule has 0 amide bonds. The molecule has 4 rings (SSSR count). The Hall–Kier alpha value is -2.48. The summed E-state index contributed by atoms with van der Waals surface area (Å²) in [5, 5.41) is 13.1. The molecular weight excluding hydrogens is 316 g/mol. The lowest BCUT2D eigenvalue weighted by Crippen LogP contribution is -2.35. The van der Waals surface area contributed by atoms with Gasteiger partial charge in [0.25, 0.3) is 0 Å². The van der Waals surface area contributed by atoms with Crippen LogP contribution in [0.25, 0.3) is 0 Å². The largest absolute Gasteiger partial charge is 0.337 e. The fourth-order valence-electron chi connectivity index (χ4n) is 3.57. The normalized spacial score (nSPS) is 18.7. The summed E-state index contributed by atoms with van der Waals surface area (Å²) < 4.78 is 6.10. The molecule has 0 bridgehead atoms. The molecule has 8 nitrogen and oxygen atoms in total. The fraction of sp³-hybridized carbons (Fsp3) is 0.529. The van der Waals surface area contributed by atoms with Crippen LogP contribution < -0.4 is 0 Å². The van der Waals surface area contributed by atoms with Gasteiger partial charge in [0.05, 0.1) is 6.54 Å². The number of nitrogens with zero attached hydrogens (tertiary/aromatic N) is 8. The van der Waals surface area contributed by atoms with Crippen LogP contribution in [0.15, 0.2) is 30.9 Å². The summed E-state index contributed by atoms with van der Waals surface area (Å²) in [7, 11) is 4.11. The topological polar surface area (TPSA) is 69.6 Å². The molecule has 0 aromatic carbocycles. The second kappa shape index (κ2) is 6.79. The molecule has 1 saturated heterocycles. The highest BCUT2D eigenvalue weighted by molar-refractivity contribution is 5.05. The molecule has 25 heavy (non-hydrogen) atoms. The van der Waals surface area contributed by atoms with Crippen molar-refractivity contribution in [1.82, 2.24) is 39.0 Å². The van der Waals surface area contributed by atoms with Gasteiger partial charge in [0.1, 0.15) is 18.2 Å². The molecule has 132 valence electrons. The van der Waals surface area contributed by atoms with E-state index in [4.69, 9.17) is 0 Å². The summed E-state index contributed by atoms with van der Waals surface area (Å²) in [6.07, 6.45) is 9.93. The zero-order valence-corrected chi connectivity index (χ0v) is 14.8. The predicted octanol–water partition coefficient (Wildman–Crippen LogP) is 1.17. The predicted molar refractivity (Wildman–Crippen MR) is 92.8 cm³/mol. The van der Waals surface area contributed by atoms with E-state index >= 15 is 0 Å². The summed E-state index contributed by atoms with van der Waals surface area (Å²) in [6, 6.07) is 1.92. The van der Waals surface area contributed by atoms with Gasteiger partial charge < -0.3 is 9.13 Å². The van der Waals surface area contributed by atoms with Crippen LogP contribution in [0.3, 0.4) is 0 Å². The Bertz CT molecular complexity index is 816. The Labute approximate surface area is 147 Å². The smallest absolute Gasteiger partial charge is 0.154 e. The first-order valence-corrected chi connectivity index (χ1v) is 8.75. The zero-order valence-electron chi connectivity index (χ0n) is 14.8. The van der Waals surface area contributed by atoms with Gasteiger partial charge in [-0.25, -0.2) is 4.98 Å². The maximum Gasteiger partial charge on any atom is 0.154 e. The van der Waals surface area contributed by atoms with Crippen LogP contribution in [0.5, 0.6) is 0 Å². The van der Waals surface area contributed by atoms with Gasteiger partial charge in [0.2, 0.25) is 0 Å². The molecule has 0 spiro atoms. The monoisotopic (exact) mass is 340 g/mol. The van der Waals surface area contributed by atoms with E-state index < -0.39 is 0 Å². The van der Waals surface area contributed by atoms with Crippen LogP contribution in [-0.4, -0.2) is 52.1 Å². The Morgan fingerprint density at radius 1 is 1.08 bits per heavy atom. The molecule has 0 unspecified atom stereocenters.